The summed E-state index contributed by atoms with van der Waals surface area (Å²) in [4.78, 5) is 12.7. The highest BCUT2D eigenvalue weighted by molar-refractivity contribution is 5.62. The molecule has 2 aromatic rings. The van der Waals surface area contributed by atoms with Crippen LogP contribution in [0.4, 0.5) is 13.2 Å². The molecule has 0 amide bonds. The molecule has 0 bridgehead atoms. The Kier molecular flexibility index (Phi) is 2.45. The molecule has 1 heterocycles. The smallest absolute Gasteiger partial charge is 0.419 e. The van der Waals surface area contributed by atoms with Gasteiger partial charge in [0.25, 0.3) is 0 Å². The minimum atomic E-state index is -4.50. The van der Waals surface area contributed by atoms with Crippen molar-refractivity contribution in [3.8, 4) is 17.2 Å². The van der Waals surface area contributed by atoms with Crippen molar-refractivity contribution in [3.63, 3.8) is 0 Å². The maximum atomic E-state index is 12.4. The molecular formula is C10H6F3NO3. The molecule has 2 N–H and O–H groups in total. The Balaban J connectivity index is 2.54. The van der Waals surface area contributed by atoms with Crippen molar-refractivity contribution in [2.45, 2.75) is 6.18 Å². The van der Waals surface area contributed by atoms with Crippen LogP contribution in [0.2, 0.25) is 0 Å². The van der Waals surface area contributed by atoms with E-state index >= 15 is 0 Å². The molecule has 0 spiro atoms. The number of halogens is 3. The molecule has 0 aliphatic carbocycles. The number of hydrogen-bond donors (Lipinski definition) is 2. The summed E-state index contributed by atoms with van der Waals surface area (Å²) in [7, 11) is 0. The number of alkyl halides is 3. The van der Waals surface area contributed by atoms with Gasteiger partial charge in [0.15, 0.2) is 5.76 Å². The van der Waals surface area contributed by atoms with Crippen LogP contribution < -0.4 is 5.76 Å². The van der Waals surface area contributed by atoms with Crippen molar-refractivity contribution in [1.29, 1.82) is 0 Å². The molecule has 0 unspecified atom stereocenters. The van der Waals surface area contributed by atoms with E-state index in [9.17, 15) is 23.1 Å². The van der Waals surface area contributed by atoms with E-state index in [0.29, 0.717) is 0 Å². The molecule has 1 aromatic heterocycles. The van der Waals surface area contributed by atoms with Gasteiger partial charge in [0.05, 0.1) is 5.56 Å². The number of hydrogen-bond acceptors (Lipinski definition) is 3. The number of rotatable bonds is 1. The first-order valence-electron chi connectivity index (χ1n) is 4.47. The number of oxazole rings is 1. The predicted molar refractivity (Wildman–Crippen MR) is 51.4 cm³/mol. The highest BCUT2D eigenvalue weighted by Gasteiger charge is 2.31. The van der Waals surface area contributed by atoms with Gasteiger partial charge in [0.2, 0.25) is 5.88 Å². The van der Waals surface area contributed by atoms with Crippen LogP contribution in [0.1, 0.15) is 5.56 Å². The van der Waals surface area contributed by atoms with Gasteiger partial charge in [0, 0.05) is 5.56 Å². The molecule has 90 valence electrons. The van der Waals surface area contributed by atoms with Crippen LogP contribution in [0.5, 0.6) is 5.88 Å². The summed E-state index contributed by atoms with van der Waals surface area (Å²) in [6.45, 7) is 0. The molecule has 0 fully saturated rings. The summed E-state index contributed by atoms with van der Waals surface area (Å²) < 4.78 is 41.8. The Morgan fingerprint density at radius 3 is 2.53 bits per heavy atom. The SMILES string of the molecule is O=c1[nH]c(O)c(-c2cccc(C(F)(F)F)c2)o1. The second-order valence-electron chi connectivity index (χ2n) is 3.27. The molecule has 4 nitrogen and oxygen atoms in total. The van der Waals surface area contributed by atoms with Crippen molar-refractivity contribution in [1.82, 2.24) is 4.98 Å². The van der Waals surface area contributed by atoms with Crippen LogP contribution in [-0.4, -0.2) is 10.1 Å². The minimum absolute atomic E-state index is 0.0318. The van der Waals surface area contributed by atoms with E-state index in [1.165, 1.54) is 6.07 Å². The lowest BCUT2D eigenvalue weighted by atomic mass is 10.1. The summed E-state index contributed by atoms with van der Waals surface area (Å²) in [6.07, 6.45) is -4.50. The summed E-state index contributed by atoms with van der Waals surface area (Å²) in [6, 6.07) is 4.11. The fourth-order valence-corrected chi connectivity index (χ4v) is 1.35. The first kappa shape index (κ1) is 11.3. The monoisotopic (exact) mass is 245 g/mol. The van der Waals surface area contributed by atoms with Gasteiger partial charge in [-0.25, -0.2) is 4.79 Å². The number of aromatic amines is 1. The van der Waals surface area contributed by atoms with Crippen LogP contribution >= 0.6 is 0 Å². The summed E-state index contributed by atoms with van der Waals surface area (Å²) >= 11 is 0. The van der Waals surface area contributed by atoms with Crippen molar-refractivity contribution >= 4 is 0 Å². The molecule has 1 aromatic carbocycles. The number of benzene rings is 1. The second-order valence-corrected chi connectivity index (χ2v) is 3.27. The van der Waals surface area contributed by atoms with Gasteiger partial charge in [-0.15, -0.1) is 0 Å². The Hall–Kier alpha value is -2.18. The number of nitrogens with one attached hydrogen (secondary N) is 1. The maximum absolute atomic E-state index is 12.4. The third-order valence-corrected chi connectivity index (χ3v) is 2.08. The Morgan fingerprint density at radius 1 is 1.29 bits per heavy atom. The molecule has 0 aliphatic rings. The van der Waals surface area contributed by atoms with E-state index < -0.39 is 23.4 Å². The van der Waals surface area contributed by atoms with Gasteiger partial charge < -0.3 is 9.52 Å². The van der Waals surface area contributed by atoms with E-state index in [2.05, 4.69) is 4.42 Å². The largest absolute Gasteiger partial charge is 0.492 e. The zero-order valence-corrected chi connectivity index (χ0v) is 8.21. The van der Waals surface area contributed by atoms with E-state index in [1.54, 1.807) is 0 Å². The van der Waals surface area contributed by atoms with Crippen LogP contribution in [0.25, 0.3) is 11.3 Å². The van der Waals surface area contributed by atoms with E-state index in [1.807, 2.05) is 4.98 Å². The molecule has 7 heteroatoms. The lowest BCUT2D eigenvalue weighted by Crippen LogP contribution is -2.04. The third kappa shape index (κ3) is 2.17. The summed E-state index contributed by atoms with van der Waals surface area (Å²) in [5, 5.41) is 9.25. The molecule has 0 aliphatic heterocycles. The lowest BCUT2D eigenvalue weighted by molar-refractivity contribution is -0.137. The Labute approximate surface area is 92.3 Å². The fraction of sp³-hybridized carbons (Fsp3) is 0.100. The Bertz CT molecular complexity index is 597. The quantitative estimate of drug-likeness (QED) is 0.810. The van der Waals surface area contributed by atoms with Gasteiger partial charge in [-0.3, -0.25) is 4.98 Å². The molecule has 2 rings (SSSR count). The minimum Gasteiger partial charge on any atom is -0.492 e. The second kappa shape index (κ2) is 3.69. The van der Waals surface area contributed by atoms with Gasteiger partial charge in [-0.2, -0.15) is 13.2 Å². The molecule has 0 saturated carbocycles. The topological polar surface area (TPSA) is 66.2 Å². The number of aromatic nitrogens is 1. The molecular weight excluding hydrogens is 239 g/mol. The third-order valence-electron chi connectivity index (χ3n) is 2.08. The summed E-state index contributed by atoms with van der Waals surface area (Å²) in [5.41, 5.74) is -0.922. The average molecular weight is 245 g/mol. The molecule has 0 saturated heterocycles. The van der Waals surface area contributed by atoms with Crippen LogP contribution in [0.15, 0.2) is 33.5 Å². The molecule has 0 radical (unpaired) electrons. The lowest BCUT2D eigenvalue weighted by Gasteiger charge is -2.07. The van der Waals surface area contributed by atoms with Gasteiger partial charge in [0.1, 0.15) is 0 Å². The van der Waals surface area contributed by atoms with E-state index in [0.717, 1.165) is 18.2 Å². The Morgan fingerprint density at radius 2 is 2.00 bits per heavy atom. The first-order valence-corrected chi connectivity index (χ1v) is 4.47. The molecule has 17 heavy (non-hydrogen) atoms. The zero-order valence-electron chi connectivity index (χ0n) is 8.21. The number of aromatic hydroxyl groups is 1. The summed E-state index contributed by atoms with van der Waals surface area (Å²) in [5.74, 6) is -1.86. The van der Waals surface area contributed by atoms with Crippen molar-refractivity contribution in [2.75, 3.05) is 0 Å². The normalized spacial score (nSPS) is 11.7. The standard InChI is InChI=1S/C10H6F3NO3/c11-10(12,13)6-3-1-2-5(4-6)7-8(15)14-9(16)17-7/h1-4,15H,(H,14,16). The van der Waals surface area contributed by atoms with Gasteiger partial charge in [-0.1, -0.05) is 12.1 Å². The highest BCUT2D eigenvalue weighted by Crippen LogP contribution is 2.33. The number of H-pyrrole nitrogens is 1. The maximum Gasteiger partial charge on any atom is 0.419 e. The van der Waals surface area contributed by atoms with Crippen molar-refractivity contribution in [2.24, 2.45) is 0 Å². The van der Waals surface area contributed by atoms with E-state index in [-0.39, 0.29) is 11.3 Å². The van der Waals surface area contributed by atoms with Gasteiger partial charge in [-0.05, 0) is 12.1 Å². The van der Waals surface area contributed by atoms with Crippen LogP contribution in [0.3, 0.4) is 0 Å². The van der Waals surface area contributed by atoms with E-state index in [4.69, 9.17) is 0 Å². The zero-order chi connectivity index (χ0) is 12.6. The van der Waals surface area contributed by atoms with Gasteiger partial charge >= 0.3 is 11.9 Å². The van der Waals surface area contributed by atoms with Crippen molar-refractivity contribution in [3.05, 3.63) is 40.4 Å². The highest BCUT2D eigenvalue weighted by atomic mass is 19.4. The average Bonchev–Trinajstić information content (AvgIpc) is 2.57. The van der Waals surface area contributed by atoms with Crippen LogP contribution in [0, 0.1) is 0 Å². The van der Waals surface area contributed by atoms with Crippen molar-refractivity contribution < 1.29 is 22.7 Å². The van der Waals surface area contributed by atoms with Crippen LogP contribution in [-0.2, 0) is 6.18 Å². The molecule has 0 atom stereocenters. The fourth-order valence-electron chi connectivity index (χ4n) is 1.35. The first-order chi connectivity index (χ1) is 7.88. The predicted octanol–water partition coefficient (Wildman–Crippen LogP) is 2.36.